The third-order valence-corrected chi connectivity index (χ3v) is 3.18. The van der Waals surface area contributed by atoms with Gasteiger partial charge < -0.3 is 10.6 Å². The van der Waals surface area contributed by atoms with Crippen molar-refractivity contribution in [2.45, 2.75) is 26.4 Å². The van der Waals surface area contributed by atoms with Crippen LogP contribution < -0.4 is 10.6 Å². The number of hydrogen-bond acceptors (Lipinski definition) is 1. The Kier molecular flexibility index (Phi) is 4.77. The van der Waals surface area contributed by atoms with Crippen LogP contribution in [-0.4, -0.2) is 6.03 Å². The fraction of sp³-hybridized carbons (Fsp3) is 0.235. The van der Waals surface area contributed by atoms with E-state index in [4.69, 9.17) is 0 Å². The molecule has 2 aromatic rings. The molecule has 0 spiro atoms. The highest BCUT2D eigenvalue weighted by atomic mass is 16.2. The fourth-order valence-corrected chi connectivity index (χ4v) is 2.08. The molecule has 2 amide bonds. The highest BCUT2D eigenvalue weighted by Gasteiger charge is 2.08. The lowest BCUT2D eigenvalue weighted by atomic mass is 10.1. The van der Waals surface area contributed by atoms with Gasteiger partial charge in [0.1, 0.15) is 0 Å². The Morgan fingerprint density at radius 1 is 1.10 bits per heavy atom. The van der Waals surface area contributed by atoms with Crippen LogP contribution in [0, 0.1) is 6.92 Å². The number of nitrogens with one attached hydrogen (secondary N) is 2. The summed E-state index contributed by atoms with van der Waals surface area (Å²) >= 11 is 0. The van der Waals surface area contributed by atoms with Crippen molar-refractivity contribution in [2.24, 2.45) is 0 Å². The van der Waals surface area contributed by atoms with Gasteiger partial charge in [-0.3, -0.25) is 0 Å². The molecule has 0 saturated carbocycles. The lowest BCUT2D eigenvalue weighted by Crippen LogP contribution is -2.36. The molecule has 3 nitrogen and oxygen atoms in total. The molecule has 0 aliphatic carbocycles. The molecule has 0 aliphatic heterocycles. The first-order valence-corrected chi connectivity index (χ1v) is 6.80. The van der Waals surface area contributed by atoms with E-state index < -0.39 is 0 Å². The lowest BCUT2D eigenvalue weighted by Gasteiger charge is -2.15. The van der Waals surface area contributed by atoms with E-state index in [1.54, 1.807) is 0 Å². The van der Waals surface area contributed by atoms with Crippen molar-refractivity contribution >= 4 is 6.03 Å². The van der Waals surface area contributed by atoms with Gasteiger partial charge in [-0.15, -0.1) is 0 Å². The number of carbonyl (C=O) groups is 1. The van der Waals surface area contributed by atoms with Gasteiger partial charge in [0.15, 0.2) is 0 Å². The number of aryl methyl sites for hydroxylation is 1. The van der Waals surface area contributed by atoms with Crippen molar-refractivity contribution in [3.05, 3.63) is 71.3 Å². The third-order valence-electron chi connectivity index (χ3n) is 3.18. The van der Waals surface area contributed by atoms with E-state index in [9.17, 15) is 4.79 Å². The Morgan fingerprint density at radius 2 is 1.85 bits per heavy atom. The molecule has 0 saturated heterocycles. The molecule has 0 radical (unpaired) electrons. The second-order valence-electron chi connectivity index (χ2n) is 4.95. The second kappa shape index (κ2) is 6.75. The van der Waals surface area contributed by atoms with Gasteiger partial charge in [-0.25, -0.2) is 4.79 Å². The quantitative estimate of drug-likeness (QED) is 0.874. The van der Waals surface area contributed by atoms with Crippen LogP contribution in [0.3, 0.4) is 0 Å². The van der Waals surface area contributed by atoms with Crippen molar-refractivity contribution in [2.75, 3.05) is 0 Å². The molecule has 0 aliphatic rings. The van der Waals surface area contributed by atoms with E-state index in [0.29, 0.717) is 6.54 Å². The molecule has 0 heterocycles. The van der Waals surface area contributed by atoms with Gasteiger partial charge in [-0.1, -0.05) is 60.2 Å². The third kappa shape index (κ3) is 4.12. The second-order valence-corrected chi connectivity index (χ2v) is 4.95. The van der Waals surface area contributed by atoms with E-state index in [1.807, 2.05) is 62.4 Å². The monoisotopic (exact) mass is 268 g/mol. The van der Waals surface area contributed by atoms with Crippen LogP contribution in [0.4, 0.5) is 4.79 Å². The molecule has 0 fully saturated rings. The molecule has 0 aromatic heterocycles. The Balaban J connectivity index is 1.84. The first-order valence-electron chi connectivity index (χ1n) is 6.80. The van der Waals surface area contributed by atoms with Crippen molar-refractivity contribution in [1.29, 1.82) is 0 Å². The zero-order valence-electron chi connectivity index (χ0n) is 11.9. The van der Waals surface area contributed by atoms with Crippen LogP contribution >= 0.6 is 0 Å². The smallest absolute Gasteiger partial charge is 0.315 e. The minimum absolute atomic E-state index is 0.00582. The summed E-state index contributed by atoms with van der Waals surface area (Å²) in [5, 5.41) is 5.81. The normalized spacial score (nSPS) is 11.7. The largest absolute Gasteiger partial charge is 0.334 e. The lowest BCUT2D eigenvalue weighted by molar-refractivity contribution is 0.237. The van der Waals surface area contributed by atoms with Gasteiger partial charge in [-0.2, -0.15) is 0 Å². The Bertz CT molecular complexity index is 566. The molecule has 2 rings (SSSR count). The van der Waals surface area contributed by atoms with E-state index >= 15 is 0 Å². The van der Waals surface area contributed by atoms with E-state index in [2.05, 4.69) is 16.7 Å². The molecule has 1 unspecified atom stereocenters. The molecule has 0 bridgehead atoms. The van der Waals surface area contributed by atoms with Crippen molar-refractivity contribution in [3.63, 3.8) is 0 Å². The molecule has 104 valence electrons. The standard InChI is InChI=1S/C17H20N2O/c1-13-7-6-8-15(11-13)12-18-17(20)19-14(2)16-9-4-3-5-10-16/h3-11,14H,12H2,1-2H3,(H2,18,19,20). The van der Waals surface area contributed by atoms with Crippen LogP contribution in [0.25, 0.3) is 0 Å². The van der Waals surface area contributed by atoms with Crippen molar-refractivity contribution in [3.8, 4) is 0 Å². The first kappa shape index (κ1) is 14.1. The molecule has 20 heavy (non-hydrogen) atoms. The number of urea groups is 1. The zero-order valence-corrected chi connectivity index (χ0v) is 11.9. The number of hydrogen-bond donors (Lipinski definition) is 2. The van der Waals surface area contributed by atoms with Gasteiger partial charge in [0.05, 0.1) is 6.04 Å². The van der Waals surface area contributed by atoms with Crippen LogP contribution in [0.2, 0.25) is 0 Å². The number of benzene rings is 2. The van der Waals surface area contributed by atoms with Crippen LogP contribution in [0.1, 0.15) is 29.7 Å². The highest BCUT2D eigenvalue weighted by molar-refractivity contribution is 5.74. The minimum atomic E-state index is -0.150. The molecule has 2 aromatic carbocycles. The van der Waals surface area contributed by atoms with Gasteiger partial charge in [0, 0.05) is 6.54 Å². The summed E-state index contributed by atoms with van der Waals surface area (Å²) in [5.41, 5.74) is 3.40. The molecule has 1 atom stereocenters. The first-order chi connectivity index (χ1) is 9.65. The topological polar surface area (TPSA) is 41.1 Å². The average Bonchev–Trinajstić information content (AvgIpc) is 2.46. The Morgan fingerprint density at radius 3 is 2.55 bits per heavy atom. The predicted molar refractivity (Wildman–Crippen MR) is 81.4 cm³/mol. The zero-order chi connectivity index (χ0) is 14.4. The fourth-order valence-electron chi connectivity index (χ4n) is 2.08. The number of rotatable bonds is 4. The van der Waals surface area contributed by atoms with Crippen LogP contribution in [-0.2, 0) is 6.54 Å². The summed E-state index contributed by atoms with van der Waals surface area (Å²) in [6.45, 7) is 4.55. The SMILES string of the molecule is Cc1cccc(CNC(=O)NC(C)c2ccccc2)c1. The predicted octanol–water partition coefficient (Wildman–Crippen LogP) is 3.56. The Hall–Kier alpha value is -2.29. The summed E-state index contributed by atoms with van der Waals surface area (Å²) in [6, 6.07) is 17.9. The average molecular weight is 268 g/mol. The van der Waals surface area contributed by atoms with Gasteiger partial charge in [-0.05, 0) is 25.0 Å². The number of amides is 2. The van der Waals surface area contributed by atoms with E-state index in [1.165, 1.54) is 5.56 Å². The molecule has 3 heteroatoms. The molecular formula is C17H20N2O. The van der Waals surface area contributed by atoms with Crippen molar-refractivity contribution < 1.29 is 4.79 Å². The highest BCUT2D eigenvalue weighted by Crippen LogP contribution is 2.10. The minimum Gasteiger partial charge on any atom is -0.334 e. The van der Waals surface area contributed by atoms with Crippen LogP contribution in [0.5, 0.6) is 0 Å². The van der Waals surface area contributed by atoms with Gasteiger partial charge in [0.2, 0.25) is 0 Å². The summed E-state index contributed by atoms with van der Waals surface area (Å²) in [4.78, 5) is 11.9. The summed E-state index contributed by atoms with van der Waals surface area (Å²) in [6.07, 6.45) is 0. The van der Waals surface area contributed by atoms with E-state index in [-0.39, 0.29) is 12.1 Å². The van der Waals surface area contributed by atoms with Crippen LogP contribution in [0.15, 0.2) is 54.6 Å². The summed E-state index contributed by atoms with van der Waals surface area (Å²) in [5.74, 6) is 0. The maximum Gasteiger partial charge on any atom is 0.315 e. The summed E-state index contributed by atoms with van der Waals surface area (Å²) in [7, 11) is 0. The number of carbonyl (C=O) groups excluding carboxylic acids is 1. The Labute approximate surface area is 120 Å². The summed E-state index contributed by atoms with van der Waals surface area (Å²) < 4.78 is 0. The maximum absolute atomic E-state index is 11.9. The maximum atomic E-state index is 11.9. The molecule has 2 N–H and O–H groups in total. The van der Waals surface area contributed by atoms with Gasteiger partial charge in [0.25, 0.3) is 0 Å². The van der Waals surface area contributed by atoms with E-state index in [0.717, 1.165) is 11.1 Å². The van der Waals surface area contributed by atoms with Gasteiger partial charge >= 0.3 is 6.03 Å². The van der Waals surface area contributed by atoms with Crippen molar-refractivity contribution in [1.82, 2.24) is 10.6 Å². The molecular weight excluding hydrogens is 248 g/mol.